The molecule has 1 amide bonds. The molecule has 0 saturated carbocycles. The summed E-state index contributed by atoms with van der Waals surface area (Å²) in [5.74, 6) is 2.41. The molecule has 2 aromatic rings. The first-order valence-electron chi connectivity index (χ1n) is 6.86. The molecule has 0 fully saturated rings. The average molecular weight is 321 g/mol. The molecule has 0 aliphatic heterocycles. The van der Waals surface area contributed by atoms with Crippen LogP contribution in [0.3, 0.4) is 0 Å². The van der Waals surface area contributed by atoms with Gasteiger partial charge in [0, 0.05) is 29.6 Å². The molecule has 7 heteroatoms. The summed E-state index contributed by atoms with van der Waals surface area (Å²) in [6.07, 6.45) is 1.66. The van der Waals surface area contributed by atoms with Gasteiger partial charge in [0.05, 0.1) is 18.6 Å². The SMILES string of the molecule is COc1ncccc1CNC(=O)CSCc1c(C)noc1C. The number of amides is 1. The number of ether oxygens (including phenoxy) is 1. The normalized spacial score (nSPS) is 10.5. The van der Waals surface area contributed by atoms with Crippen LogP contribution in [0.1, 0.15) is 22.6 Å². The second-order valence-electron chi connectivity index (χ2n) is 4.74. The van der Waals surface area contributed by atoms with Crippen LogP contribution in [-0.2, 0) is 17.1 Å². The second-order valence-corrected chi connectivity index (χ2v) is 5.73. The molecule has 0 aromatic carbocycles. The van der Waals surface area contributed by atoms with E-state index in [1.807, 2.05) is 26.0 Å². The summed E-state index contributed by atoms with van der Waals surface area (Å²) in [4.78, 5) is 16.0. The maximum atomic E-state index is 11.9. The molecule has 0 aliphatic rings. The van der Waals surface area contributed by atoms with Crippen molar-refractivity contribution in [2.24, 2.45) is 0 Å². The van der Waals surface area contributed by atoms with E-state index in [4.69, 9.17) is 9.26 Å². The Labute approximate surface area is 133 Å². The molecule has 2 aromatic heterocycles. The van der Waals surface area contributed by atoms with E-state index in [0.29, 0.717) is 23.9 Å². The highest BCUT2D eigenvalue weighted by Gasteiger charge is 2.10. The Morgan fingerprint density at radius 3 is 2.95 bits per heavy atom. The van der Waals surface area contributed by atoms with Crippen LogP contribution >= 0.6 is 11.8 Å². The van der Waals surface area contributed by atoms with Crippen molar-refractivity contribution in [3.05, 3.63) is 40.9 Å². The molecule has 0 aliphatic carbocycles. The number of aryl methyl sites for hydroxylation is 2. The molecule has 22 heavy (non-hydrogen) atoms. The quantitative estimate of drug-likeness (QED) is 0.843. The lowest BCUT2D eigenvalue weighted by atomic mass is 10.2. The third kappa shape index (κ3) is 4.24. The summed E-state index contributed by atoms with van der Waals surface area (Å²) < 4.78 is 10.2. The van der Waals surface area contributed by atoms with E-state index >= 15 is 0 Å². The Kier molecular flexibility index (Phi) is 5.83. The zero-order chi connectivity index (χ0) is 15.9. The van der Waals surface area contributed by atoms with Gasteiger partial charge in [-0.2, -0.15) is 0 Å². The molecule has 0 unspecified atom stereocenters. The lowest BCUT2D eigenvalue weighted by molar-refractivity contribution is -0.118. The second kappa shape index (κ2) is 7.84. The zero-order valence-electron chi connectivity index (χ0n) is 12.9. The Bertz CT molecular complexity index is 623. The van der Waals surface area contributed by atoms with Crippen molar-refractivity contribution >= 4 is 17.7 Å². The molecule has 0 saturated heterocycles. The van der Waals surface area contributed by atoms with Gasteiger partial charge in [0.1, 0.15) is 5.76 Å². The standard InChI is InChI=1S/C15H19N3O3S/c1-10-13(11(2)21-18-10)8-22-9-14(19)17-7-12-5-4-6-16-15(12)20-3/h4-6H,7-9H2,1-3H3,(H,17,19). The predicted octanol–water partition coefficient (Wildman–Crippen LogP) is 2.24. The first kappa shape index (κ1) is 16.4. The Morgan fingerprint density at radius 1 is 1.45 bits per heavy atom. The maximum absolute atomic E-state index is 11.9. The fourth-order valence-corrected chi connectivity index (χ4v) is 2.95. The van der Waals surface area contributed by atoms with E-state index < -0.39 is 0 Å². The number of nitrogens with one attached hydrogen (secondary N) is 1. The summed E-state index contributed by atoms with van der Waals surface area (Å²) in [5, 5.41) is 6.76. The Balaban J connectivity index is 1.77. The molecule has 0 radical (unpaired) electrons. The number of carbonyl (C=O) groups is 1. The van der Waals surface area contributed by atoms with Gasteiger partial charge in [0.2, 0.25) is 11.8 Å². The van der Waals surface area contributed by atoms with Crippen LogP contribution in [0.2, 0.25) is 0 Å². The highest BCUT2D eigenvalue weighted by molar-refractivity contribution is 7.99. The largest absolute Gasteiger partial charge is 0.481 e. The summed E-state index contributed by atoms with van der Waals surface area (Å²) >= 11 is 1.53. The highest BCUT2D eigenvalue weighted by atomic mass is 32.2. The van der Waals surface area contributed by atoms with Crippen molar-refractivity contribution in [1.29, 1.82) is 0 Å². The van der Waals surface area contributed by atoms with Crippen molar-refractivity contribution in [2.75, 3.05) is 12.9 Å². The number of pyridine rings is 1. The van der Waals surface area contributed by atoms with Gasteiger partial charge in [0.25, 0.3) is 0 Å². The number of hydrogen-bond donors (Lipinski definition) is 1. The molecule has 2 rings (SSSR count). The minimum Gasteiger partial charge on any atom is -0.481 e. The topological polar surface area (TPSA) is 77.2 Å². The van der Waals surface area contributed by atoms with Crippen molar-refractivity contribution in [3.63, 3.8) is 0 Å². The third-order valence-electron chi connectivity index (χ3n) is 3.18. The minimum atomic E-state index is -0.0253. The average Bonchev–Trinajstić information content (AvgIpc) is 2.85. The highest BCUT2D eigenvalue weighted by Crippen LogP contribution is 2.19. The van der Waals surface area contributed by atoms with E-state index in [2.05, 4.69) is 15.5 Å². The number of hydrogen-bond acceptors (Lipinski definition) is 6. The molecule has 0 bridgehead atoms. The van der Waals surface area contributed by atoms with Crippen LogP contribution in [0.4, 0.5) is 0 Å². The Hall–Kier alpha value is -2.02. The van der Waals surface area contributed by atoms with Crippen molar-refractivity contribution in [1.82, 2.24) is 15.5 Å². The van der Waals surface area contributed by atoms with Gasteiger partial charge in [-0.25, -0.2) is 4.98 Å². The number of aromatic nitrogens is 2. The third-order valence-corrected chi connectivity index (χ3v) is 4.14. The first-order valence-corrected chi connectivity index (χ1v) is 8.01. The fraction of sp³-hybridized carbons (Fsp3) is 0.400. The minimum absolute atomic E-state index is 0.0253. The zero-order valence-corrected chi connectivity index (χ0v) is 13.7. The predicted molar refractivity (Wildman–Crippen MR) is 84.8 cm³/mol. The fourth-order valence-electron chi connectivity index (χ4n) is 1.94. The van der Waals surface area contributed by atoms with Crippen molar-refractivity contribution in [3.8, 4) is 5.88 Å². The molecule has 1 N–H and O–H groups in total. The molecule has 0 atom stereocenters. The summed E-state index contributed by atoms with van der Waals surface area (Å²) in [7, 11) is 1.56. The lowest BCUT2D eigenvalue weighted by Gasteiger charge is -2.08. The van der Waals surface area contributed by atoms with Gasteiger partial charge in [0.15, 0.2) is 0 Å². The number of methoxy groups -OCH3 is 1. The molecular formula is C15H19N3O3S. The van der Waals surface area contributed by atoms with Crippen LogP contribution in [0, 0.1) is 13.8 Å². The van der Waals surface area contributed by atoms with Gasteiger partial charge in [-0.05, 0) is 19.9 Å². The van der Waals surface area contributed by atoms with Crippen molar-refractivity contribution in [2.45, 2.75) is 26.1 Å². The molecular weight excluding hydrogens is 302 g/mol. The maximum Gasteiger partial charge on any atom is 0.230 e. The van der Waals surface area contributed by atoms with E-state index in [1.54, 1.807) is 13.3 Å². The van der Waals surface area contributed by atoms with Crippen LogP contribution in [0.25, 0.3) is 0 Å². The van der Waals surface area contributed by atoms with Crippen molar-refractivity contribution < 1.29 is 14.1 Å². The van der Waals surface area contributed by atoms with Gasteiger partial charge in [-0.15, -0.1) is 11.8 Å². The van der Waals surface area contributed by atoms with Gasteiger partial charge >= 0.3 is 0 Å². The Morgan fingerprint density at radius 2 is 2.27 bits per heavy atom. The van der Waals surface area contributed by atoms with E-state index in [9.17, 15) is 4.79 Å². The summed E-state index contributed by atoms with van der Waals surface area (Å²) in [5.41, 5.74) is 2.80. The van der Waals surface area contributed by atoms with Gasteiger partial charge in [-0.1, -0.05) is 11.2 Å². The monoisotopic (exact) mass is 321 g/mol. The molecule has 118 valence electrons. The van der Waals surface area contributed by atoms with Gasteiger partial charge in [-0.3, -0.25) is 4.79 Å². The molecule has 6 nitrogen and oxygen atoms in total. The summed E-state index contributed by atoms with van der Waals surface area (Å²) in [6.45, 7) is 4.19. The molecule has 0 spiro atoms. The van der Waals surface area contributed by atoms with Crippen LogP contribution in [0.15, 0.2) is 22.9 Å². The van der Waals surface area contributed by atoms with E-state index in [-0.39, 0.29) is 5.91 Å². The first-order chi connectivity index (χ1) is 10.6. The number of carbonyl (C=O) groups excluding carboxylic acids is 1. The van der Waals surface area contributed by atoms with E-state index in [1.165, 1.54) is 11.8 Å². The van der Waals surface area contributed by atoms with E-state index in [0.717, 1.165) is 22.6 Å². The van der Waals surface area contributed by atoms with Gasteiger partial charge < -0.3 is 14.6 Å². The smallest absolute Gasteiger partial charge is 0.230 e. The van der Waals surface area contributed by atoms with Crippen LogP contribution in [0.5, 0.6) is 5.88 Å². The summed E-state index contributed by atoms with van der Waals surface area (Å²) in [6, 6.07) is 3.69. The van der Waals surface area contributed by atoms with Crippen LogP contribution < -0.4 is 10.1 Å². The number of thioether (sulfide) groups is 1. The lowest BCUT2D eigenvalue weighted by Crippen LogP contribution is -2.25. The molecule has 2 heterocycles. The van der Waals surface area contributed by atoms with Crippen LogP contribution in [-0.4, -0.2) is 28.9 Å². The number of nitrogens with zero attached hydrogens (tertiary/aromatic N) is 2. The number of rotatable bonds is 7.